The van der Waals surface area contributed by atoms with Crippen molar-refractivity contribution in [2.24, 2.45) is 0 Å². The number of alkyl halides is 3. The molecular weight excluding hydrogens is 274 g/mol. The van der Waals surface area contributed by atoms with Gasteiger partial charge in [0.15, 0.2) is 6.23 Å². The van der Waals surface area contributed by atoms with Gasteiger partial charge in [-0.2, -0.15) is 0 Å². The fourth-order valence-corrected chi connectivity index (χ4v) is 1.06. The van der Waals surface area contributed by atoms with Crippen LogP contribution in [-0.2, 0) is 0 Å². The van der Waals surface area contributed by atoms with Crippen molar-refractivity contribution in [3.05, 3.63) is 30.3 Å². The Hall–Kier alpha value is -0.680. The zero-order chi connectivity index (χ0) is 12.2. The molecule has 0 aliphatic rings. The van der Waals surface area contributed by atoms with Gasteiger partial charge in [0, 0.05) is 5.69 Å². The van der Waals surface area contributed by atoms with Gasteiger partial charge in [-0.25, -0.2) is 4.79 Å². The van der Waals surface area contributed by atoms with Crippen LogP contribution in [0.1, 0.15) is 0 Å². The van der Waals surface area contributed by atoms with Gasteiger partial charge in [-0.3, -0.25) is 0 Å². The second-order valence-corrected chi connectivity index (χ2v) is 5.28. The molecule has 1 rings (SSSR count). The van der Waals surface area contributed by atoms with Gasteiger partial charge in [0.2, 0.25) is 3.79 Å². The number of aliphatic hydroxyl groups is 1. The van der Waals surface area contributed by atoms with E-state index in [0.717, 1.165) is 0 Å². The third kappa shape index (κ3) is 4.45. The highest BCUT2D eigenvalue weighted by Gasteiger charge is 2.32. The normalized spacial score (nSPS) is 13.0. The van der Waals surface area contributed by atoms with Crippen LogP contribution in [0, 0.1) is 0 Å². The maximum atomic E-state index is 11.3. The van der Waals surface area contributed by atoms with E-state index in [1.54, 1.807) is 30.3 Å². The quantitative estimate of drug-likeness (QED) is 0.577. The average Bonchev–Trinajstić information content (AvgIpc) is 2.17. The first kappa shape index (κ1) is 13.4. The molecule has 7 heteroatoms. The second kappa shape index (κ2) is 5.59. The minimum atomic E-state index is -1.96. The lowest BCUT2D eigenvalue weighted by Gasteiger charge is -2.20. The van der Waals surface area contributed by atoms with Crippen molar-refractivity contribution in [3.8, 4) is 0 Å². The van der Waals surface area contributed by atoms with Gasteiger partial charge < -0.3 is 15.7 Å². The summed E-state index contributed by atoms with van der Waals surface area (Å²) < 4.78 is -1.96. The Morgan fingerprint density at radius 2 is 1.81 bits per heavy atom. The van der Waals surface area contributed by atoms with Crippen LogP contribution in [0.3, 0.4) is 0 Å². The molecule has 0 saturated heterocycles. The van der Waals surface area contributed by atoms with Crippen molar-refractivity contribution in [2.75, 3.05) is 5.32 Å². The van der Waals surface area contributed by atoms with Crippen LogP contribution < -0.4 is 10.6 Å². The minimum Gasteiger partial charge on any atom is -0.369 e. The van der Waals surface area contributed by atoms with Gasteiger partial charge in [0.05, 0.1) is 0 Å². The molecule has 0 aromatic heterocycles. The summed E-state index contributed by atoms with van der Waals surface area (Å²) in [7, 11) is 0. The molecule has 88 valence electrons. The molecule has 2 amide bonds. The van der Waals surface area contributed by atoms with Crippen LogP contribution in [0.5, 0.6) is 0 Å². The number of urea groups is 1. The van der Waals surface area contributed by atoms with Crippen LogP contribution in [0.25, 0.3) is 0 Å². The first-order valence-electron chi connectivity index (χ1n) is 4.27. The third-order valence-electron chi connectivity index (χ3n) is 1.61. The van der Waals surface area contributed by atoms with Gasteiger partial charge in [-0.05, 0) is 12.1 Å². The van der Waals surface area contributed by atoms with Crippen molar-refractivity contribution in [3.63, 3.8) is 0 Å². The summed E-state index contributed by atoms with van der Waals surface area (Å²) in [5.74, 6) is 0. The number of amides is 2. The molecule has 4 nitrogen and oxygen atoms in total. The molecule has 0 fully saturated rings. The zero-order valence-electron chi connectivity index (χ0n) is 7.95. The number of hydrogen-bond acceptors (Lipinski definition) is 2. The molecule has 1 atom stereocenters. The SMILES string of the molecule is O=C(Nc1ccccc1)NC(O)C(Cl)(Cl)Cl. The van der Waals surface area contributed by atoms with Crippen LogP contribution in [0.4, 0.5) is 10.5 Å². The lowest BCUT2D eigenvalue weighted by atomic mass is 10.3. The molecule has 3 N–H and O–H groups in total. The van der Waals surface area contributed by atoms with Crippen molar-refractivity contribution < 1.29 is 9.90 Å². The minimum absolute atomic E-state index is 0.566. The second-order valence-electron chi connectivity index (χ2n) is 2.91. The fraction of sp³-hybridized carbons (Fsp3) is 0.222. The number of para-hydroxylation sites is 1. The predicted octanol–water partition coefficient (Wildman–Crippen LogP) is 2.50. The predicted molar refractivity (Wildman–Crippen MR) is 64.9 cm³/mol. The average molecular weight is 284 g/mol. The molecule has 1 aromatic rings. The topological polar surface area (TPSA) is 61.4 Å². The standard InChI is InChI=1S/C9H9Cl3N2O2/c10-9(11,12)7(15)14-8(16)13-6-4-2-1-3-5-6/h1-5,7,15H,(H2,13,14,16). The highest BCUT2D eigenvalue weighted by Crippen LogP contribution is 2.28. The van der Waals surface area contributed by atoms with Gasteiger partial charge >= 0.3 is 6.03 Å². The van der Waals surface area contributed by atoms with E-state index in [1.165, 1.54) is 0 Å². The molecule has 1 aromatic carbocycles. The molecular formula is C9H9Cl3N2O2. The van der Waals surface area contributed by atoms with Crippen molar-refractivity contribution in [1.82, 2.24) is 5.32 Å². The van der Waals surface area contributed by atoms with E-state index in [2.05, 4.69) is 10.6 Å². The summed E-state index contributed by atoms with van der Waals surface area (Å²) in [5.41, 5.74) is 0.566. The Bertz CT molecular complexity index is 354. The monoisotopic (exact) mass is 282 g/mol. The molecule has 0 bridgehead atoms. The van der Waals surface area contributed by atoms with E-state index in [1.807, 2.05) is 0 Å². The lowest BCUT2D eigenvalue weighted by Crippen LogP contribution is -2.45. The molecule has 0 spiro atoms. The van der Waals surface area contributed by atoms with Gasteiger partial charge in [0.1, 0.15) is 0 Å². The number of anilines is 1. The smallest absolute Gasteiger partial charge is 0.321 e. The number of hydrogen-bond donors (Lipinski definition) is 3. The maximum Gasteiger partial charge on any atom is 0.321 e. The van der Waals surface area contributed by atoms with E-state index in [-0.39, 0.29) is 0 Å². The number of halogens is 3. The molecule has 1 unspecified atom stereocenters. The highest BCUT2D eigenvalue weighted by molar-refractivity contribution is 6.68. The van der Waals surface area contributed by atoms with Gasteiger partial charge in [-0.1, -0.05) is 53.0 Å². The molecule has 0 heterocycles. The summed E-state index contributed by atoms with van der Waals surface area (Å²) in [6, 6.07) is 8.01. The number of nitrogens with one attached hydrogen (secondary N) is 2. The largest absolute Gasteiger partial charge is 0.369 e. The molecule has 0 radical (unpaired) electrons. The zero-order valence-corrected chi connectivity index (χ0v) is 10.2. The maximum absolute atomic E-state index is 11.3. The summed E-state index contributed by atoms with van der Waals surface area (Å²) in [4.78, 5) is 11.3. The van der Waals surface area contributed by atoms with E-state index >= 15 is 0 Å². The highest BCUT2D eigenvalue weighted by atomic mass is 35.6. The summed E-state index contributed by atoms with van der Waals surface area (Å²) in [5, 5.41) is 13.8. The van der Waals surface area contributed by atoms with E-state index in [4.69, 9.17) is 34.8 Å². The van der Waals surface area contributed by atoms with Gasteiger partial charge in [0.25, 0.3) is 0 Å². The first-order valence-corrected chi connectivity index (χ1v) is 5.40. The number of rotatable bonds is 2. The number of aliphatic hydroxyl groups excluding tert-OH is 1. The van der Waals surface area contributed by atoms with Crippen LogP contribution in [0.15, 0.2) is 30.3 Å². The lowest BCUT2D eigenvalue weighted by molar-refractivity contribution is 0.148. The Labute approximate surface area is 107 Å². The Morgan fingerprint density at radius 3 is 2.31 bits per heavy atom. The van der Waals surface area contributed by atoms with Crippen molar-refractivity contribution in [2.45, 2.75) is 10.0 Å². The third-order valence-corrected chi connectivity index (χ3v) is 2.23. The first-order chi connectivity index (χ1) is 7.39. The van der Waals surface area contributed by atoms with Crippen molar-refractivity contribution >= 4 is 46.5 Å². The van der Waals surface area contributed by atoms with E-state index in [0.29, 0.717) is 5.69 Å². The Balaban J connectivity index is 2.49. The van der Waals surface area contributed by atoms with E-state index in [9.17, 15) is 9.90 Å². The van der Waals surface area contributed by atoms with Crippen molar-refractivity contribution in [1.29, 1.82) is 0 Å². The number of carbonyl (C=O) groups excluding carboxylic acids is 1. The molecule has 0 aliphatic heterocycles. The van der Waals surface area contributed by atoms with Crippen LogP contribution in [-0.4, -0.2) is 21.2 Å². The summed E-state index contributed by atoms with van der Waals surface area (Å²) in [6.45, 7) is 0. The summed E-state index contributed by atoms with van der Waals surface area (Å²) >= 11 is 16.1. The fourth-order valence-electron chi connectivity index (χ4n) is 0.895. The Morgan fingerprint density at radius 1 is 1.25 bits per heavy atom. The molecule has 0 aliphatic carbocycles. The number of carbonyl (C=O) groups is 1. The molecule has 16 heavy (non-hydrogen) atoms. The van der Waals surface area contributed by atoms with Crippen LogP contribution >= 0.6 is 34.8 Å². The van der Waals surface area contributed by atoms with E-state index < -0.39 is 16.1 Å². The Kier molecular flexibility index (Phi) is 4.68. The number of benzene rings is 1. The van der Waals surface area contributed by atoms with Crippen LogP contribution in [0.2, 0.25) is 0 Å². The van der Waals surface area contributed by atoms with Gasteiger partial charge in [-0.15, -0.1) is 0 Å². The summed E-state index contributed by atoms with van der Waals surface area (Å²) in [6.07, 6.45) is -1.58. The molecule has 0 saturated carbocycles.